The van der Waals surface area contributed by atoms with E-state index in [0.29, 0.717) is 5.41 Å². The van der Waals surface area contributed by atoms with Gasteiger partial charge in [-0.3, -0.25) is 0 Å². The summed E-state index contributed by atoms with van der Waals surface area (Å²) in [7, 11) is 0. The highest BCUT2D eigenvalue weighted by molar-refractivity contribution is 7.75. The zero-order valence-corrected chi connectivity index (χ0v) is 21.0. The lowest BCUT2D eigenvalue weighted by Crippen LogP contribution is -2.43. The van der Waals surface area contributed by atoms with Gasteiger partial charge in [-0.05, 0) is 92.9 Å². The molecule has 6 atom stereocenters. The molecule has 1 nitrogen and oxygen atoms in total. The van der Waals surface area contributed by atoms with E-state index in [0.717, 1.165) is 36.2 Å². The smallest absolute Gasteiger partial charge is 0.0610 e. The fourth-order valence-corrected chi connectivity index (χ4v) is 7.14. The molecule has 0 aromatic heterocycles. The maximum Gasteiger partial charge on any atom is 0.0610 e. The second-order valence-corrected chi connectivity index (χ2v) is 9.81. The van der Waals surface area contributed by atoms with Gasteiger partial charge in [-0.25, -0.2) is 0 Å². The quantitative estimate of drug-likeness (QED) is 0.275. The number of thiol groups is 1. The predicted molar refractivity (Wildman–Crippen MR) is 129 cm³/mol. The van der Waals surface area contributed by atoms with E-state index in [1.165, 1.54) is 83.5 Å². The van der Waals surface area contributed by atoms with Gasteiger partial charge in [-0.2, -0.15) is 0 Å². The number of rotatable bonds is 4. The van der Waals surface area contributed by atoms with Crippen molar-refractivity contribution in [2.24, 2.45) is 35.0 Å². The summed E-state index contributed by atoms with van der Waals surface area (Å²) in [5.41, 5.74) is 0.627. The molecular weight excluding hydrogens is 360 g/mol. The molecule has 0 N–H and O–H groups in total. The Hall–Kier alpha value is 0.310. The molecule has 0 aromatic rings. The SMILES string of the molecule is CC.CC.CC1CCCCCCCC2C1CCC1(C)C(CCCOS)CCC21. The largest absolute Gasteiger partial charge is 0.319 e. The Balaban J connectivity index is 0.000000921. The van der Waals surface area contributed by atoms with Crippen LogP contribution in [0.3, 0.4) is 0 Å². The van der Waals surface area contributed by atoms with Crippen molar-refractivity contribution >= 4 is 12.9 Å². The maximum atomic E-state index is 5.02. The van der Waals surface area contributed by atoms with Gasteiger partial charge >= 0.3 is 0 Å². The molecule has 0 aliphatic heterocycles. The van der Waals surface area contributed by atoms with Gasteiger partial charge in [0, 0.05) is 0 Å². The first-order valence-corrected chi connectivity index (χ1v) is 13.3. The first-order valence-electron chi connectivity index (χ1n) is 12.9. The summed E-state index contributed by atoms with van der Waals surface area (Å²) in [6, 6.07) is 0. The van der Waals surface area contributed by atoms with E-state index < -0.39 is 0 Å². The van der Waals surface area contributed by atoms with Crippen molar-refractivity contribution in [1.82, 2.24) is 0 Å². The molecule has 0 aromatic carbocycles. The van der Waals surface area contributed by atoms with Crippen LogP contribution in [0.2, 0.25) is 0 Å². The van der Waals surface area contributed by atoms with Gasteiger partial charge in [0.2, 0.25) is 0 Å². The van der Waals surface area contributed by atoms with E-state index in [2.05, 4.69) is 26.8 Å². The molecule has 0 bridgehead atoms. The zero-order valence-electron chi connectivity index (χ0n) is 20.1. The summed E-state index contributed by atoms with van der Waals surface area (Å²) in [6.07, 6.45) is 19.0. The van der Waals surface area contributed by atoms with Crippen molar-refractivity contribution in [3.8, 4) is 0 Å². The second-order valence-electron chi connectivity index (χ2n) is 9.55. The maximum absolute atomic E-state index is 5.02. The fourth-order valence-electron chi connectivity index (χ4n) is 7.01. The van der Waals surface area contributed by atoms with Gasteiger partial charge in [0.05, 0.1) is 6.61 Å². The molecule has 3 fully saturated rings. The van der Waals surface area contributed by atoms with Gasteiger partial charge < -0.3 is 4.18 Å². The van der Waals surface area contributed by atoms with Crippen LogP contribution in [-0.4, -0.2) is 6.61 Å². The highest BCUT2D eigenvalue weighted by Crippen LogP contribution is 2.62. The summed E-state index contributed by atoms with van der Waals surface area (Å²) in [4.78, 5) is 0. The van der Waals surface area contributed by atoms with Gasteiger partial charge in [0.15, 0.2) is 0 Å². The molecule has 3 aliphatic carbocycles. The van der Waals surface area contributed by atoms with Crippen molar-refractivity contribution in [2.45, 2.75) is 125 Å². The molecule has 0 saturated heterocycles. The Kier molecular flexibility index (Phi) is 13.5. The van der Waals surface area contributed by atoms with E-state index in [-0.39, 0.29) is 0 Å². The van der Waals surface area contributed by atoms with Crippen LogP contribution < -0.4 is 0 Å². The molecule has 0 heterocycles. The minimum absolute atomic E-state index is 0.627. The number of fused-ring (bicyclic) bond motifs is 3. The number of hydrogen-bond acceptors (Lipinski definition) is 2. The molecular formula is C26H52OS. The predicted octanol–water partition coefficient (Wildman–Crippen LogP) is 9.12. The molecule has 6 unspecified atom stereocenters. The molecule has 0 radical (unpaired) electrons. The summed E-state index contributed by atoms with van der Waals surface area (Å²) in [5, 5.41) is 0. The normalized spacial score (nSPS) is 38.0. The molecule has 3 aliphatic rings. The third-order valence-electron chi connectivity index (χ3n) is 8.40. The lowest BCUT2D eigenvalue weighted by Gasteiger charge is -2.51. The summed E-state index contributed by atoms with van der Waals surface area (Å²) in [5.74, 6) is 4.98. The third-order valence-corrected chi connectivity index (χ3v) is 8.59. The van der Waals surface area contributed by atoms with Crippen LogP contribution >= 0.6 is 12.9 Å². The first kappa shape index (κ1) is 26.3. The Morgan fingerprint density at radius 1 is 0.821 bits per heavy atom. The van der Waals surface area contributed by atoms with E-state index in [1.807, 2.05) is 27.7 Å². The highest BCUT2D eigenvalue weighted by Gasteiger charge is 2.53. The molecule has 168 valence electrons. The van der Waals surface area contributed by atoms with Crippen molar-refractivity contribution in [1.29, 1.82) is 0 Å². The molecule has 28 heavy (non-hydrogen) atoms. The van der Waals surface area contributed by atoms with Crippen molar-refractivity contribution < 1.29 is 4.18 Å². The highest BCUT2D eigenvalue weighted by atomic mass is 32.1. The van der Waals surface area contributed by atoms with E-state index in [4.69, 9.17) is 4.18 Å². The van der Waals surface area contributed by atoms with Crippen molar-refractivity contribution in [3.05, 3.63) is 0 Å². The fraction of sp³-hybridized carbons (Fsp3) is 1.00. The zero-order chi connectivity index (χ0) is 21.0. The van der Waals surface area contributed by atoms with Crippen LogP contribution in [0.4, 0.5) is 0 Å². The second kappa shape index (κ2) is 14.3. The van der Waals surface area contributed by atoms with Crippen LogP contribution in [0.5, 0.6) is 0 Å². The monoisotopic (exact) mass is 412 g/mol. The average molecular weight is 413 g/mol. The molecule has 0 amide bonds. The lowest BCUT2D eigenvalue weighted by atomic mass is 9.54. The van der Waals surface area contributed by atoms with E-state index in [1.54, 1.807) is 0 Å². The minimum Gasteiger partial charge on any atom is -0.319 e. The Morgan fingerprint density at radius 3 is 2.14 bits per heavy atom. The van der Waals surface area contributed by atoms with Crippen molar-refractivity contribution in [3.63, 3.8) is 0 Å². The van der Waals surface area contributed by atoms with Gasteiger partial charge in [0.25, 0.3) is 0 Å². The van der Waals surface area contributed by atoms with Crippen LogP contribution in [0.25, 0.3) is 0 Å². The molecule has 0 spiro atoms. The topological polar surface area (TPSA) is 9.23 Å². The molecule has 2 heteroatoms. The Morgan fingerprint density at radius 2 is 1.46 bits per heavy atom. The summed E-state index contributed by atoms with van der Waals surface area (Å²) >= 11 is 3.92. The van der Waals surface area contributed by atoms with Crippen LogP contribution in [0.15, 0.2) is 0 Å². The van der Waals surface area contributed by atoms with Crippen LogP contribution in [0, 0.1) is 35.0 Å². The third kappa shape index (κ3) is 6.66. The molecule has 3 rings (SSSR count). The standard InChI is InChI=1S/C22H40OS.2C2H6/c1-17-9-6-4-3-5-7-11-20-19(17)14-15-22(2)18(10-8-16-23-24)12-13-21(20)22;2*1-2/h17-21,24H,3-16H2,1-2H3;2*1-2H3. The summed E-state index contributed by atoms with van der Waals surface area (Å²) < 4.78 is 5.02. The molecule has 3 saturated carbocycles. The van der Waals surface area contributed by atoms with Crippen LogP contribution in [0.1, 0.15) is 125 Å². The van der Waals surface area contributed by atoms with E-state index >= 15 is 0 Å². The Bertz CT molecular complexity index is 385. The van der Waals surface area contributed by atoms with Crippen molar-refractivity contribution in [2.75, 3.05) is 6.61 Å². The Labute approximate surface area is 183 Å². The van der Waals surface area contributed by atoms with Crippen LogP contribution in [-0.2, 0) is 4.18 Å². The first-order chi connectivity index (χ1) is 13.7. The number of hydrogen-bond donors (Lipinski definition) is 1. The minimum atomic E-state index is 0.627. The van der Waals surface area contributed by atoms with E-state index in [9.17, 15) is 0 Å². The van der Waals surface area contributed by atoms with Gasteiger partial charge in [-0.15, -0.1) is 0 Å². The van der Waals surface area contributed by atoms with Gasteiger partial charge in [-0.1, -0.05) is 80.1 Å². The summed E-state index contributed by atoms with van der Waals surface area (Å²) in [6.45, 7) is 14.1. The van der Waals surface area contributed by atoms with Gasteiger partial charge in [0.1, 0.15) is 0 Å². The average Bonchev–Trinajstić information content (AvgIpc) is 3.07. The lowest BCUT2D eigenvalue weighted by molar-refractivity contribution is -0.0170.